The van der Waals surface area contributed by atoms with Crippen molar-refractivity contribution in [2.75, 3.05) is 0 Å². The van der Waals surface area contributed by atoms with Gasteiger partial charge in [-0.3, -0.25) is 4.79 Å². The summed E-state index contributed by atoms with van der Waals surface area (Å²) in [7, 11) is 0. The maximum absolute atomic E-state index is 12.2. The first-order valence-electron chi connectivity index (χ1n) is 5.87. The summed E-state index contributed by atoms with van der Waals surface area (Å²) in [4.78, 5) is 11.1. The van der Waals surface area contributed by atoms with Gasteiger partial charge in [0.25, 0.3) is 5.91 Å². The Morgan fingerprint density at radius 3 is 2.38 bits per heavy atom. The minimum Gasteiger partial charge on any atom is -0.348 e. The summed E-state index contributed by atoms with van der Waals surface area (Å²) >= 11 is 0. The fraction of sp³-hybridized carbons (Fsp3) is 0.917. The van der Waals surface area contributed by atoms with Crippen LogP contribution in [0.5, 0.6) is 0 Å². The number of rotatable bonds is 2. The summed E-state index contributed by atoms with van der Waals surface area (Å²) in [6.45, 7) is 6.51. The molecule has 4 heteroatoms. The number of carbonyl (C=O) groups excluding carboxylic acids is 1. The van der Waals surface area contributed by atoms with E-state index in [0.717, 1.165) is 19.3 Å². The van der Waals surface area contributed by atoms with E-state index in [0.29, 0.717) is 5.92 Å². The highest BCUT2D eigenvalue weighted by molar-refractivity contribution is 5.79. The fourth-order valence-electron chi connectivity index (χ4n) is 3.66. The molecule has 0 aliphatic heterocycles. The van der Waals surface area contributed by atoms with Gasteiger partial charge < -0.3 is 5.32 Å². The Balaban J connectivity index is 2.13. The molecule has 2 aliphatic rings. The average Bonchev–Trinajstić information content (AvgIpc) is 2.50. The molecule has 2 nitrogen and oxygen atoms in total. The molecule has 2 bridgehead atoms. The van der Waals surface area contributed by atoms with Crippen LogP contribution in [0.1, 0.15) is 40.0 Å². The van der Waals surface area contributed by atoms with E-state index in [1.54, 1.807) is 0 Å². The van der Waals surface area contributed by atoms with Gasteiger partial charge in [-0.2, -0.15) is 8.78 Å². The van der Waals surface area contributed by atoms with E-state index in [1.165, 1.54) is 0 Å². The second-order valence-electron chi connectivity index (χ2n) is 5.97. The number of carbonyl (C=O) groups is 1. The molecule has 2 fully saturated rings. The quantitative estimate of drug-likeness (QED) is 0.777. The predicted octanol–water partition coefficient (Wildman–Crippen LogP) is 2.58. The number of halogens is 2. The second-order valence-corrected chi connectivity index (χ2v) is 5.97. The maximum Gasteiger partial charge on any atom is 0.315 e. The lowest BCUT2D eigenvalue weighted by Gasteiger charge is -2.39. The van der Waals surface area contributed by atoms with Crippen LogP contribution in [-0.4, -0.2) is 18.4 Å². The van der Waals surface area contributed by atoms with Gasteiger partial charge in [0.2, 0.25) is 0 Å². The molecular formula is C12H19F2NO. The molecule has 2 rings (SSSR count). The zero-order valence-electron chi connectivity index (χ0n) is 10.0. The Morgan fingerprint density at radius 1 is 1.38 bits per heavy atom. The molecule has 0 saturated heterocycles. The van der Waals surface area contributed by atoms with Crippen LogP contribution in [0.2, 0.25) is 0 Å². The molecule has 0 heterocycles. The summed E-state index contributed by atoms with van der Waals surface area (Å²) in [5.41, 5.74) is 0.120. The number of fused-ring (bicyclic) bond motifs is 2. The molecule has 1 amide bonds. The van der Waals surface area contributed by atoms with Gasteiger partial charge in [0.15, 0.2) is 0 Å². The van der Waals surface area contributed by atoms with Crippen LogP contribution in [0, 0.1) is 16.7 Å². The lowest BCUT2D eigenvalue weighted by atomic mass is 9.69. The van der Waals surface area contributed by atoms with E-state index < -0.39 is 12.3 Å². The standard InChI is InChI=1S/C12H19F2NO/c1-11(2)7-4-5-12(11,3)8(6-7)15-10(16)9(13)14/h7-9H,4-6H2,1-3H3,(H,15,16). The molecule has 3 atom stereocenters. The minimum absolute atomic E-state index is 0.0256. The van der Waals surface area contributed by atoms with Crippen molar-refractivity contribution in [2.24, 2.45) is 16.7 Å². The zero-order chi connectivity index (χ0) is 12.1. The van der Waals surface area contributed by atoms with Gasteiger partial charge in [0, 0.05) is 6.04 Å². The van der Waals surface area contributed by atoms with Gasteiger partial charge in [0.05, 0.1) is 0 Å². The lowest BCUT2D eigenvalue weighted by Crippen LogP contribution is -2.48. The first-order valence-corrected chi connectivity index (χ1v) is 5.87. The van der Waals surface area contributed by atoms with Crippen molar-refractivity contribution in [3.63, 3.8) is 0 Å². The van der Waals surface area contributed by atoms with Gasteiger partial charge >= 0.3 is 6.43 Å². The van der Waals surface area contributed by atoms with Crippen LogP contribution in [0.3, 0.4) is 0 Å². The van der Waals surface area contributed by atoms with Crippen LogP contribution in [0.15, 0.2) is 0 Å². The number of nitrogens with one attached hydrogen (secondary N) is 1. The molecule has 0 aromatic carbocycles. The molecule has 0 spiro atoms. The van der Waals surface area contributed by atoms with Gasteiger partial charge in [-0.1, -0.05) is 20.8 Å². The summed E-state index contributed by atoms with van der Waals surface area (Å²) in [5, 5.41) is 2.52. The molecule has 1 N–H and O–H groups in total. The largest absolute Gasteiger partial charge is 0.348 e. The Hall–Kier alpha value is -0.670. The van der Waals surface area contributed by atoms with Gasteiger partial charge in [-0.15, -0.1) is 0 Å². The summed E-state index contributed by atoms with van der Waals surface area (Å²) < 4.78 is 24.5. The normalized spacial score (nSPS) is 40.4. The van der Waals surface area contributed by atoms with Gasteiger partial charge in [-0.05, 0) is 36.0 Å². The third kappa shape index (κ3) is 1.38. The second kappa shape index (κ2) is 3.41. The van der Waals surface area contributed by atoms with E-state index >= 15 is 0 Å². The van der Waals surface area contributed by atoms with E-state index in [9.17, 15) is 13.6 Å². The Morgan fingerprint density at radius 2 is 2.00 bits per heavy atom. The highest BCUT2D eigenvalue weighted by Crippen LogP contribution is 2.65. The van der Waals surface area contributed by atoms with E-state index in [1.807, 2.05) is 0 Å². The van der Waals surface area contributed by atoms with Crippen LogP contribution in [0.25, 0.3) is 0 Å². The third-order valence-corrected chi connectivity index (χ3v) is 5.31. The predicted molar refractivity (Wildman–Crippen MR) is 57.2 cm³/mol. The van der Waals surface area contributed by atoms with Gasteiger partial charge in [-0.25, -0.2) is 0 Å². The Bertz CT molecular complexity index is 316. The molecule has 0 radical (unpaired) electrons. The van der Waals surface area contributed by atoms with Crippen LogP contribution in [-0.2, 0) is 4.79 Å². The summed E-state index contributed by atoms with van der Waals surface area (Å²) in [5.74, 6) is -0.560. The number of hydrogen-bond donors (Lipinski definition) is 1. The van der Waals surface area contributed by atoms with Crippen molar-refractivity contribution >= 4 is 5.91 Å². The van der Waals surface area contributed by atoms with E-state index in [4.69, 9.17) is 0 Å². The highest BCUT2D eigenvalue weighted by atomic mass is 19.3. The van der Waals surface area contributed by atoms with Crippen molar-refractivity contribution in [1.29, 1.82) is 0 Å². The number of amides is 1. The van der Waals surface area contributed by atoms with Crippen molar-refractivity contribution in [2.45, 2.75) is 52.5 Å². The molecule has 0 aromatic rings. The first-order chi connectivity index (χ1) is 7.29. The molecule has 2 aliphatic carbocycles. The minimum atomic E-state index is -2.90. The van der Waals surface area contributed by atoms with Gasteiger partial charge in [0.1, 0.15) is 0 Å². The first kappa shape index (κ1) is 11.8. The number of hydrogen-bond acceptors (Lipinski definition) is 1. The topological polar surface area (TPSA) is 29.1 Å². The Labute approximate surface area is 94.8 Å². The average molecular weight is 231 g/mol. The van der Waals surface area contributed by atoms with Crippen molar-refractivity contribution in [1.82, 2.24) is 5.32 Å². The highest BCUT2D eigenvalue weighted by Gasteiger charge is 2.61. The van der Waals surface area contributed by atoms with Crippen LogP contribution >= 0.6 is 0 Å². The third-order valence-electron chi connectivity index (χ3n) is 5.31. The maximum atomic E-state index is 12.2. The summed E-state index contributed by atoms with van der Waals surface area (Å²) in [6, 6.07) is -0.0808. The van der Waals surface area contributed by atoms with E-state index in [2.05, 4.69) is 26.1 Å². The summed E-state index contributed by atoms with van der Waals surface area (Å²) in [6.07, 6.45) is 0.136. The lowest BCUT2D eigenvalue weighted by molar-refractivity contribution is -0.133. The van der Waals surface area contributed by atoms with Crippen LogP contribution < -0.4 is 5.32 Å². The molecular weight excluding hydrogens is 212 g/mol. The smallest absolute Gasteiger partial charge is 0.315 e. The fourth-order valence-corrected chi connectivity index (χ4v) is 3.66. The SMILES string of the molecule is CC1(C)C2CCC1(C)C(NC(=O)C(F)F)C2. The zero-order valence-corrected chi connectivity index (χ0v) is 10.0. The molecule has 92 valence electrons. The van der Waals surface area contributed by atoms with Crippen molar-refractivity contribution < 1.29 is 13.6 Å². The van der Waals surface area contributed by atoms with Crippen LogP contribution in [0.4, 0.5) is 8.78 Å². The van der Waals surface area contributed by atoms with Crippen molar-refractivity contribution in [3.05, 3.63) is 0 Å². The molecule has 3 unspecified atom stereocenters. The van der Waals surface area contributed by atoms with E-state index in [-0.39, 0.29) is 16.9 Å². The molecule has 16 heavy (non-hydrogen) atoms. The molecule has 0 aromatic heterocycles. The molecule has 2 saturated carbocycles. The monoisotopic (exact) mass is 231 g/mol. The Kier molecular flexibility index (Phi) is 2.52. The van der Waals surface area contributed by atoms with Crippen molar-refractivity contribution in [3.8, 4) is 0 Å². The number of alkyl halides is 2.